The van der Waals surface area contributed by atoms with Gasteiger partial charge in [-0.1, -0.05) is 30.3 Å². The van der Waals surface area contributed by atoms with Gasteiger partial charge in [0.05, 0.1) is 17.6 Å². The lowest BCUT2D eigenvalue weighted by Gasteiger charge is -2.22. The molecule has 0 radical (unpaired) electrons. The van der Waals surface area contributed by atoms with Gasteiger partial charge in [0.15, 0.2) is 11.5 Å². The molecule has 0 spiro atoms. The number of ether oxygens (including phenoxy) is 3. The Labute approximate surface area is 203 Å². The van der Waals surface area contributed by atoms with Crippen molar-refractivity contribution in [3.8, 4) is 17.2 Å². The third kappa shape index (κ3) is 4.07. The van der Waals surface area contributed by atoms with E-state index in [0.717, 1.165) is 39.6 Å². The topological polar surface area (TPSA) is 65.8 Å². The van der Waals surface area contributed by atoms with Crippen molar-refractivity contribution in [3.63, 3.8) is 0 Å². The van der Waals surface area contributed by atoms with Gasteiger partial charge in [-0.15, -0.1) is 0 Å². The zero-order valence-electron chi connectivity index (χ0n) is 19.6. The van der Waals surface area contributed by atoms with Gasteiger partial charge >= 0.3 is 0 Å². The summed E-state index contributed by atoms with van der Waals surface area (Å²) in [6, 6.07) is 21.8. The van der Waals surface area contributed by atoms with Crippen molar-refractivity contribution in [3.05, 3.63) is 78.1 Å². The van der Waals surface area contributed by atoms with Gasteiger partial charge in [-0.3, -0.25) is 4.79 Å². The predicted octanol–water partition coefficient (Wildman–Crippen LogP) is 4.72. The molecule has 1 aromatic heterocycles. The molecular formula is C28H27N3O4. The summed E-state index contributed by atoms with van der Waals surface area (Å²) in [6.45, 7) is 4.84. The molecule has 3 heterocycles. The van der Waals surface area contributed by atoms with Crippen molar-refractivity contribution in [2.45, 2.75) is 25.8 Å². The molecule has 1 saturated heterocycles. The number of nitrogens with zero attached hydrogens (tertiary/aromatic N) is 3. The number of rotatable bonds is 6. The van der Waals surface area contributed by atoms with Crippen molar-refractivity contribution in [1.82, 2.24) is 9.55 Å². The number of aryl methyl sites for hydroxylation is 1. The maximum Gasteiger partial charge on any atom is 0.227 e. The second-order valence-corrected chi connectivity index (χ2v) is 8.96. The molecular weight excluding hydrogens is 442 g/mol. The lowest BCUT2D eigenvalue weighted by molar-refractivity contribution is -0.117. The van der Waals surface area contributed by atoms with Crippen LogP contribution in [-0.2, 0) is 11.3 Å². The summed E-state index contributed by atoms with van der Waals surface area (Å²) in [4.78, 5) is 19.9. The average molecular weight is 470 g/mol. The minimum atomic E-state index is -0.0124. The molecule has 2 aliphatic rings. The monoisotopic (exact) mass is 469 g/mol. The Hall–Kier alpha value is -4.00. The van der Waals surface area contributed by atoms with Crippen LogP contribution >= 0.6 is 0 Å². The lowest BCUT2D eigenvalue weighted by atomic mass is 10.1. The van der Waals surface area contributed by atoms with Gasteiger partial charge in [0.1, 0.15) is 31.4 Å². The van der Waals surface area contributed by atoms with Gasteiger partial charge in [0.25, 0.3) is 0 Å². The van der Waals surface area contributed by atoms with E-state index < -0.39 is 0 Å². The number of fused-ring (bicyclic) bond motifs is 2. The van der Waals surface area contributed by atoms with Crippen LogP contribution in [0.2, 0.25) is 0 Å². The van der Waals surface area contributed by atoms with Gasteiger partial charge in [0.2, 0.25) is 5.91 Å². The van der Waals surface area contributed by atoms with E-state index in [1.54, 1.807) is 0 Å². The highest BCUT2D eigenvalue weighted by atomic mass is 16.6. The summed E-state index contributed by atoms with van der Waals surface area (Å²) in [5.41, 5.74) is 3.93. The molecule has 0 aliphatic carbocycles. The van der Waals surface area contributed by atoms with E-state index >= 15 is 0 Å². The quantitative estimate of drug-likeness (QED) is 0.409. The second kappa shape index (κ2) is 8.98. The van der Waals surface area contributed by atoms with Gasteiger partial charge in [-0.2, -0.15) is 0 Å². The van der Waals surface area contributed by atoms with Gasteiger partial charge in [0, 0.05) is 30.6 Å². The van der Waals surface area contributed by atoms with Crippen LogP contribution in [0.3, 0.4) is 0 Å². The van der Waals surface area contributed by atoms with Crippen molar-refractivity contribution in [1.29, 1.82) is 0 Å². The van der Waals surface area contributed by atoms with Crippen molar-refractivity contribution in [2.24, 2.45) is 0 Å². The maximum absolute atomic E-state index is 13.1. The molecule has 2 aliphatic heterocycles. The Balaban J connectivity index is 1.26. The van der Waals surface area contributed by atoms with Crippen LogP contribution in [0.5, 0.6) is 17.2 Å². The molecule has 0 bridgehead atoms. The first-order chi connectivity index (χ1) is 17.2. The third-order valence-corrected chi connectivity index (χ3v) is 6.68. The summed E-state index contributed by atoms with van der Waals surface area (Å²) in [6.07, 6.45) is 0.413. The fourth-order valence-corrected chi connectivity index (χ4v) is 4.94. The fourth-order valence-electron chi connectivity index (χ4n) is 4.94. The Morgan fingerprint density at radius 3 is 2.69 bits per heavy atom. The molecule has 6 rings (SSSR count). The van der Waals surface area contributed by atoms with Crippen LogP contribution in [0.15, 0.2) is 66.7 Å². The highest BCUT2D eigenvalue weighted by Crippen LogP contribution is 2.38. The van der Waals surface area contributed by atoms with Gasteiger partial charge < -0.3 is 23.7 Å². The Morgan fingerprint density at radius 2 is 1.80 bits per heavy atom. The highest BCUT2D eigenvalue weighted by molar-refractivity contribution is 5.97. The molecule has 4 aromatic rings. The Bertz CT molecular complexity index is 1400. The minimum Gasteiger partial charge on any atom is -0.491 e. The molecule has 1 amide bonds. The minimum absolute atomic E-state index is 0.0124. The molecule has 7 heteroatoms. The van der Waals surface area contributed by atoms with Crippen LogP contribution in [0.1, 0.15) is 23.7 Å². The zero-order valence-corrected chi connectivity index (χ0v) is 19.6. The largest absolute Gasteiger partial charge is 0.491 e. The number of aromatic nitrogens is 2. The molecule has 178 valence electrons. The Kier molecular flexibility index (Phi) is 5.52. The summed E-state index contributed by atoms with van der Waals surface area (Å²) < 4.78 is 19.7. The first-order valence-corrected chi connectivity index (χ1v) is 12.0. The summed E-state index contributed by atoms with van der Waals surface area (Å²) in [7, 11) is 0. The van der Waals surface area contributed by atoms with Crippen LogP contribution in [0.25, 0.3) is 11.0 Å². The van der Waals surface area contributed by atoms with Crippen molar-refractivity contribution >= 4 is 22.6 Å². The second-order valence-electron chi connectivity index (χ2n) is 8.96. The molecule has 7 nitrogen and oxygen atoms in total. The van der Waals surface area contributed by atoms with Crippen LogP contribution in [-0.4, -0.2) is 41.8 Å². The number of anilines is 1. The molecule has 3 aromatic carbocycles. The smallest absolute Gasteiger partial charge is 0.227 e. The lowest BCUT2D eigenvalue weighted by Crippen LogP contribution is -2.25. The van der Waals surface area contributed by atoms with E-state index in [4.69, 9.17) is 19.2 Å². The van der Waals surface area contributed by atoms with E-state index in [1.807, 2.05) is 72.5 Å². The number of carbonyl (C=O) groups is 1. The molecule has 1 fully saturated rings. The summed E-state index contributed by atoms with van der Waals surface area (Å²) in [5, 5.41) is 0. The van der Waals surface area contributed by atoms with E-state index in [1.165, 1.54) is 0 Å². The first kappa shape index (κ1) is 21.5. The number of para-hydroxylation sites is 3. The number of hydrogen-bond acceptors (Lipinski definition) is 5. The zero-order chi connectivity index (χ0) is 23.8. The first-order valence-electron chi connectivity index (χ1n) is 12.0. The molecule has 0 N–H and O–H groups in total. The van der Waals surface area contributed by atoms with E-state index in [-0.39, 0.29) is 11.8 Å². The number of amides is 1. The SMILES string of the molecule is Cc1ccccc1OCCn1c(C2CC(=O)N(c3ccc4c(c3)OCCO4)C2)nc2ccccc21. The van der Waals surface area contributed by atoms with Crippen LogP contribution < -0.4 is 19.1 Å². The van der Waals surface area contributed by atoms with Gasteiger partial charge in [-0.25, -0.2) is 4.98 Å². The van der Waals surface area contributed by atoms with E-state index in [9.17, 15) is 4.79 Å². The molecule has 1 unspecified atom stereocenters. The molecule has 1 atom stereocenters. The molecule has 35 heavy (non-hydrogen) atoms. The number of hydrogen-bond donors (Lipinski definition) is 0. The van der Waals surface area contributed by atoms with Crippen molar-refractivity contribution in [2.75, 3.05) is 31.3 Å². The summed E-state index contributed by atoms with van der Waals surface area (Å²) >= 11 is 0. The van der Waals surface area contributed by atoms with Crippen molar-refractivity contribution < 1.29 is 19.0 Å². The van der Waals surface area contributed by atoms with Gasteiger partial charge in [-0.05, 0) is 42.8 Å². The number of benzene rings is 3. The van der Waals surface area contributed by atoms with Crippen LogP contribution in [0.4, 0.5) is 5.69 Å². The van der Waals surface area contributed by atoms with Crippen LogP contribution in [0, 0.1) is 6.92 Å². The fraction of sp³-hybridized carbons (Fsp3) is 0.286. The maximum atomic E-state index is 13.1. The summed E-state index contributed by atoms with van der Waals surface area (Å²) in [5.74, 6) is 3.29. The third-order valence-electron chi connectivity index (χ3n) is 6.68. The van der Waals surface area contributed by atoms with E-state index in [2.05, 4.69) is 10.6 Å². The normalized spacial score (nSPS) is 17.2. The average Bonchev–Trinajstić information content (AvgIpc) is 3.45. The predicted molar refractivity (Wildman–Crippen MR) is 134 cm³/mol. The molecule has 0 saturated carbocycles. The Morgan fingerprint density at radius 1 is 1.00 bits per heavy atom. The highest BCUT2D eigenvalue weighted by Gasteiger charge is 2.35. The standard InChI is InChI=1S/C28H27N3O4/c1-19-6-2-5-9-24(19)33-13-12-30-23-8-4-3-7-22(23)29-28(30)20-16-27(32)31(18-20)21-10-11-25-26(17-21)35-15-14-34-25/h2-11,17,20H,12-16,18H2,1H3. The number of carbonyl (C=O) groups excluding carboxylic acids is 1. The number of imidazole rings is 1. The van der Waals surface area contributed by atoms with E-state index in [0.29, 0.717) is 45.1 Å².